The number of carbonyl (C=O) groups excluding carboxylic acids is 1. The maximum atomic E-state index is 13.2. The fraction of sp³-hybridized carbons (Fsp3) is 0.227. The molecule has 152 valence electrons. The molecule has 0 aliphatic carbocycles. The van der Waals surface area contributed by atoms with Crippen LogP contribution in [0.25, 0.3) is 21.9 Å². The molecule has 0 saturated heterocycles. The Morgan fingerprint density at radius 1 is 1.23 bits per heavy atom. The highest BCUT2D eigenvalue weighted by atomic mass is 32.2. The Kier molecular flexibility index (Phi) is 4.71. The van der Waals surface area contributed by atoms with Crippen molar-refractivity contribution in [3.63, 3.8) is 0 Å². The molecule has 3 heterocycles. The zero-order valence-corrected chi connectivity index (χ0v) is 17.2. The molecule has 5 rings (SSSR count). The van der Waals surface area contributed by atoms with E-state index in [0.717, 1.165) is 33.1 Å². The van der Waals surface area contributed by atoms with Gasteiger partial charge in [-0.2, -0.15) is 0 Å². The molecule has 0 saturated carbocycles. The number of nitrogens with zero attached hydrogens (tertiary/aromatic N) is 3. The average Bonchev–Trinajstić information content (AvgIpc) is 3.37. The lowest BCUT2D eigenvalue weighted by atomic mass is 10.2. The van der Waals surface area contributed by atoms with Crippen molar-refractivity contribution in [1.29, 1.82) is 0 Å². The van der Waals surface area contributed by atoms with E-state index < -0.39 is 0 Å². The van der Waals surface area contributed by atoms with Gasteiger partial charge in [-0.05, 0) is 23.8 Å². The SMILES string of the molecule is COc1cccc(CNC(=O)Cn2c3ccccc3c3nc4n(c(=O)c32)CCS4)c1. The quantitative estimate of drug-likeness (QED) is 0.503. The van der Waals surface area contributed by atoms with Crippen molar-refractivity contribution >= 4 is 39.6 Å². The summed E-state index contributed by atoms with van der Waals surface area (Å²) in [5, 5.41) is 4.58. The fourth-order valence-electron chi connectivity index (χ4n) is 3.87. The van der Waals surface area contributed by atoms with E-state index in [-0.39, 0.29) is 18.0 Å². The van der Waals surface area contributed by atoms with Crippen molar-refractivity contribution in [2.24, 2.45) is 0 Å². The largest absolute Gasteiger partial charge is 0.497 e. The number of ether oxygens (including phenoxy) is 1. The topological polar surface area (TPSA) is 78.2 Å². The van der Waals surface area contributed by atoms with Gasteiger partial charge in [0.2, 0.25) is 5.91 Å². The van der Waals surface area contributed by atoms with Crippen molar-refractivity contribution in [2.45, 2.75) is 24.8 Å². The zero-order valence-electron chi connectivity index (χ0n) is 16.4. The van der Waals surface area contributed by atoms with Gasteiger partial charge in [0.15, 0.2) is 5.16 Å². The second-order valence-corrected chi connectivity index (χ2v) is 8.19. The Bertz CT molecular complexity index is 1340. The van der Waals surface area contributed by atoms with E-state index in [1.54, 1.807) is 28.0 Å². The summed E-state index contributed by atoms with van der Waals surface area (Å²) < 4.78 is 8.72. The zero-order chi connectivity index (χ0) is 20.7. The van der Waals surface area contributed by atoms with E-state index >= 15 is 0 Å². The Morgan fingerprint density at radius 2 is 2.10 bits per heavy atom. The summed E-state index contributed by atoms with van der Waals surface area (Å²) >= 11 is 1.59. The summed E-state index contributed by atoms with van der Waals surface area (Å²) in [6, 6.07) is 15.3. The minimum absolute atomic E-state index is 0.0530. The summed E-state index contributed by atoms with van der Waals surface area (Å²) in [6.45, 7) is 1.08. The molecule has 1 amide bonds. The molecule has 8 heteroatoms. The van der Waals surface area contributed by atoms with Crippen molar-refractivity contribution in [3.05, 3.63) is 64.4 Å². The Hall–Kier alpha value is -3.26. The summed E-state index contributed by atoms with van der Waals surface area (Å²) in [5.41, 5.74) is 2.84. The molecule has 7 nitrogen and oxygen atoms in total. The molecular formula is C22H20N4O3S. The van der Waals surface area contributed by atoms with E-state index in [1.807, 2.05) is 48.5 Å². The Morgan fingerprint density at radius 3 is 2.97 bits per heavy atom. The monoisotopic (exact) mass is 420 g/mol. The Balaban J connectivity index is 1.50. The molecule has 0 unspecified atom stereocenters. The summed E-state index contributed by atoms with van der Waals surface area (Å²) in [7, 11) is 1.61. The van der Waals surface area contributed by atoms with Crippen LogP contribution in [0.15, 0.2) is 58.5 Å². The van der Waals surface area contributed by atoms with Gasteiger partial charge in [0.1, 0.15) is 23.3 Å². The standard InChI is InChI=1S/C22H20N4O3S/c1-29-15-6-4-5-14(11-15)12-23-18(27)13-26-17-8-3-2-7-16(17)19-20(26)21(28)25-9-10-30-22(25)24-19/h2-8,11H,9-10,12-13H2,1H3,(H,23,27). The van der Waals surface area contributed by atoms with Crippen LogP contribution in [0.5, 0.6) is 5.75 Å². The number of thioether (sulfide) groups is 1. The first kappa shape index (κ1) is 18.7. The Labute approximate surface area is 176 Å². The van der Waals surface area contributed by atoms with E-state index in [4.69, 9.17) is 9.72 Å². The molecule has 4 aromatic rings. The van der Waals surface area contributed by atoms with Crippen molar-refractivity contribution in [3.8, 4) is 5.75 Å². The number of carbonyl (C=O) groups is 1. The van der Waals surface area contributed by atoms with Gasteiger partial charge < -0.3 is 14.6 Å². The van der Waals surface area contributed by atoms with Gasteiger partial charge in [0.05, 0.1) is 12.6 Å². The number of aromatic nitrogens is 3. The minimum Gasteiger partial charge on any atom is -0.497 e. The minimum atomic E-state index is -0.167. The van der Waals surface area contributed by atoms with Gasteiger partial charge >= 0.3 is 0 Å². The van der Waals surface area contributed by atoms with Crippen molar-refractivity contribution < 1.29 is 9.53 Å². The normalized spacial score (nSPS) is 13.0. The van der Waals surface area contributed by atoms with Gasteiger partial charge in [-0.15, -0.1) is 0 Å². The van der Waals surface area contributed by atoms with Crippen LogP contribution in [0.4, 0.5) is 0 Å². The van der Waals surface area contributed by atoms with Crippen LogP contribution in [0, 0.1) is 0 Å². The molecule has 1 aliphatic rings. The number of methoxy groups -OCH3 is 1. The highest BCUT2D eigenvalue weighted by Gasteiger charge is 2.23. The first-order chi connectivity index (χ1) is 14.7. The lowest BCUT2D eigenvalue weighted by Gasteiger charge is -2.10. The first-order valence-corrected chi connectivity index (χ1v) is 10.7. The predicted molar refractivity (Wildman–Crippen MR) is 117 cm³/mol. The molecule has 2 aromatic heterocycles. The molecule has 30 heavy (non-hydrogen) atoms. The number of benzene rings is 2. The third-order valence-electron chi connectivity index (χ3n) is 5.30. The smallest absolute Gasteiger partial charge is 0.278 e. The summed E-state index contributed by atoms with van der Waals surface area (Å²) in [4.78, 5) is 30.7. The van der Waals surface area contributed by atoms with Crippen molar-refractivity contribution in [2.75, 3.05) is 12.9 Å². The number of hydrogen-bond acceptors (Lipinski definition) is 5. The molecule has 0 spiro atoms. The number of fused-ring (bicyclic) bond motifs is 4. The lowest BCUT2D eigenvalue weighted by molar-refractivity contribution is -0.121. The molecule has 2 aromatic carbocycles. The van der Waals surface area contributed by atoms with Crippen LogP contribution in [0.2, 0.25) is 0 Å². The summed E-state index contributed by atoms with van der Waals surface area (Å²) in [6.07, 6.45) is 0. The molecule has 0 bridgehead atoms. The first-order valence-electron chi connectivity index (χ1n) is 9.70. The molecule has 0 fully saturated rings. The van der Waals surface area contributed by atoms with Crippen LogP contribution in [-0.2, 0) is 24.4 Å². The second-order valence-electron chi connectivity index (χ2n) is 7.13. The fourth-order valence-corrected chi connectivity index (χ4v) is 4.81. The lowest BCUT2D eigenvalue weighted by Crippen LogP contribution is -2.29. The van der Waals surface area contributed by atoms with Crippen LogP contribution in [-0.4, -0.2) is 32.9 Å². The van der Waals surface area contributed by atoms with Crippen LogP contribution in [0.1, 0.15) is 5.56 Å². The van der Waals surface area contributed by atoms with Crippen LogP contribution < -0.4 is 15.6 Å². The average molecular weight is 420 g/mol. The van der Waals surface area contributed by atoms with Gasteiger partial charge in [-0.25, -0.2) is 4.98 Å². The highest BCUT2D eigenvalue weighted by molar-refractivity contribution is 7.99. The molecule has 1 N–H and O–H groups in total. The van der Waals surface area contributed by atoms with E-state index in [9.17, 15) is 9.59 Å². The number of hydrogen-bond donors (Lipinski definition) is 1. The van der Waals surface area contributed by atoms with E-state index in [2.05, 4.69) is 5.32 Å². The molecular weight excluding hydrogens is 400 g/mol. The van der Waals surface area contributed by atoms with Crippen LogP contribution in [0.3, 0.4) is 0 Å². The van der Waals surface area contributed by atoms with Gasteiger partial charge in [0, 0.05) is 24.2 Å². The molecule has 0 radical (unpaired) electrons. The maximum Gasteiger partial charge on any atom is 0.278 e. The third kappa shape index (κ3) is 3.13. The number of amides is 1. The van der Waals surface area contributed by atoms with E-state index in [0.29, 0.717) is 24.1 Å². The number of nitrogens with one attached hydrogen (secondary N) is 1. The highest BCUT2D eigenvalue weighted by Crippen LogP contribution is 2.29. The van der Waals surface area contributed by atoms with Crippen molar-refractivity contribution in [1.82, 2.24) is 19.4 Å². The van der Waals surface area contributed by atoms with E-state index in [1.165, 1.54) is 0 Å². The molecule has 0 atom stereocenters. The number of para-hydroxylation sites is 1. The predicted octanol–water partition coefficient (Wildman–Crippen LogP) is 2.78. The van der Waals surface area contributed by atoms with Gasteiger partial charge in [0.25, 0.3) is 5.56 Å². The van der Waals surface area contributed by atoms with Crippen LogP contribution >= 0.6 is 11.8 Å². The van der Waals surface area contributed by atoms with Gasteiger partial charge in [-0.1, -0.05) is 42.1 Å². The third-order valence-corrected chi connectivity index (χ3v) is 6.26. The molecule has 1 aliphatic heterocycles. The second kappa shape index (κ2) is 7.53. The maximum absolute atomic E-state index is 13.2. The number of rotatable bonds is 5. The summed E-state index contributed by atoms with van der Waals surface area (Å²) in [5.74, 6) is 1.42. The van der Waals surface area contributed by atoms with Gasteiger partial charge in [-0.3, -0.25) is 14.2 Å².